The highest BCUT2D eigenvalue weighted by atomic mass is 32.1. The summed E-state index contributed by atoms with van der Waals surface area (Å²) >= 11 is 3.90. The average Bonchev–Trinajstić information content (AvgIpc) is 3.79. The summed E-state index contributed by atoms with van der Waals surface area (Å²) in [7, 11) is 0. The molecule has 7 aromatic rings. The average molecular weight is 840 g/mol. The predicted molar refractivity (Wildman–Crippen MR) is 264 cm³/mol. The van der Waals surface area contributed by atoms with Gasteiger partial charge in [-0.05, 0) is 161 Å². The minimum atomic E-state index is 0.104. The van der Waals surface area contributed by atoms with Gasteiger partial charge in [0.05, 0.1) is 11.4 Å². The van der Waals surface area contributed by atoms with Crippen molar-refractivity contribution in [3.8, 4) is 71.4 Å². The van der Waals surface area contributed by atoms with Crippen molar-refractivity contribution in [2.45, 2.75) is 130 Å². The van der Waals surface area contributed by atoms with Crippen molar-refractivity contribution in [2.75, 3.05) is 0 Å². The van der Waals surface area contributed by atoms with Gasteiger partial charge in [0.2, 0.25) is 0 Å². The van der Waals surface area contributed by atoms with Crippen molar-refractivity contribution in [1.29, 1.82) is 0 Å². The molecule has 0 aliphatic heterocycles. The van der Waals surface area contributed by atoms with Crippen LogP contribution in [0.5, 0.6) is 5.75 Å². The van der Waals surface area contributed by atoms with E-state index in [4.69, 9.17) is 4.98 Å². The Morgan fingerprint density at radius 1 is 0.443 bits per heavy atom. The highest BCUT2D eigenvalue weighted by molar-refractivity contribution is 7.16. The van der Waals surface area contributed by atoms with Gasteiger partial charge in [-0.1, -0.05) is 122 Å². The Balaban J connectivity index is 1.13. The van der Waals surface area contributed by atoms with E-state index in [1.54, 1.807) is 10.4 Å². The van der Waals surface area contributed by atoms with Crippen LogP contribution in [0, 0.1) is 27.7 Å². The fourth-order valence-electron chi connectivity index (χ4n) is 10.7. The first-order valence-corrected chi connectivity index (χ1v) is 23.8. The Kier molecular flexibility index (Phi) is 10.00. The fraction of sp³-hybridized carbons (Fsp3) is 0.351. The Bertz CT molecular complexity index is 2880. The summed E-state index contributed by atoms with van der Waals surface area (Å²) in [5.74, 6) is 0.334. The Labute approximate surface area is 372 Å². The number of nitrogens with zero attached hydrogens (tertiary/aromatic N) is 1. The smallest absolute Gasteiger partial charge is 0.132 e. The monoisotopic (exact) mass is 839 g/mol. The van der Waals surface area contributed by atoms with Crippen LogP contribution < -0.4 is 0 Å². The highest BCUT2D eigenvalue weighted by Crippen LogP contribution is 2.56. The van der Waals surface area contributed by atoms with Crippen molar-refractivity contribution in [1.82, 2.24) is 4.98 Å². The number of aromatic hydroxyl groups is 1. The van der Waals surface area contributed by atoms with E-state index >= 15 is 0 Å². The fourth-order valence-corrected chi connectivity index (χ4v) is 14.0. The molecule has 0 atom stereocenters. The largest absolute Gasteiger partial charge is 0.507 e. The second-order valence-corrected chi connectivity index (χ2v) is 22.9. The topological polar surface area (TPSA) is 33.1 Å². The van der Waals surface area contributed by atoms with Gasteiger partial charge < -0.3 is 5.11 Å². The number of phenols is 1. The van der Waals surface area contributed by atoms with Gasteiger partial charge in [0.1, 0.15) is 5.75 Å². The molecule has 4 aromatic carbocycles. The standard InChI is InChI=1S/C57H61NOS2/c1-33-28-37(32-38(29-33)50-35(3)47-52(60-50)56(9,10)26-24-54(47,5)6)39-18-13-15-20-41(39)45-22-17-23-46(58-45)42-21-16-14-19-40(42)43-30-34(2)31-44(49(43)59)51-36(4)48-53(61-51)57(11,12)27-25-55(48,7)8/h13-23,28-32,59H,24-27H2,1-12H3. The molecule has 1 N–H and O–H groups in total. The van der Waals surface area contributed by atoms with Crippen molar-refractivity contribution < 1.29 is 5.11 Å². The number of phenolic OH excluding ortho intramolecular Hbond substituents is 1. The second kappa shape index (κ2) is 14.7. The van der Waals surface area contributed by atoms with E-state index < -0.39 is 0 Å². The van der Waals surface area contributed by atoms with E-state index in [0.717, 1.165) is 44.8 Å². The number of benzene rings is 4. The van der Waals surface area contributed by atoms with Gasteiger partial charge >= 0.3 is 0 Å². The molecule has 0 unspecified atom stereocenters. The van der Waals surface area contributed by atoms with E-state index in [0.29, 0.717) is 5.75 Å². The molecular weight excluding hydrogens is 779 g/mol. The zero-order chi connectivity index (χ0) is 43.4. The van der Waals surface area contributed by atoms with E-state index in [1.165, 1.54) is 79.3 Å². The number of pyridine rings is 1. The maximum Gasteiger partial charge on any atom is 0.132 e. The zero-order valence-electron chi connectivity index (χ0n) is 38.3. The summed E-state index contributed by atoms with van der Waals surface area (Å²) in [6.07, 6.45) is 4.77. The highest BCUT2D eigenvalue weighted by Gasteiger charge is 2.42. The molecule has 61 heavy (non-hydrogen) atoms. The number of thiophene rings is 2. The molecule has 0 saturated carbocycles. The van der Waals surface area contributed by atoms with E-state index in [1.807, 2.05) is 22.7 Å². The van der Waals surface area contributed by atoms with Crippen molar-refractivity contribution in [3.05, 3.63) is 140 Å². The van der Waals surface area contributed by atoms with Crippen LogP contribution in [-0.2, 0) is 21.7 Å². The van der Waals surface area contributed by atoms with Gasteiger partial charge in [-0.2, -0.15) is 0 Å². The lowest BCUT2D eigenvalue weighted by atomic mass is 9.66. The lowest BCUT2D eigenvalue weighted by Crippen LogP contribution is -2.32. The van der Waals surface area contributed by atoms with Crippen LogP contribution in [0.2, 0.25) is 0 Å². The van der Waals surface area contributed by atoms with Crippen LogP contribution in [0.4, 0.5) is 0 Å². The third kappa shape index (κ3) is 7.03. The summed E-state index contributed by atoms with van der Waals surface area (Å²) in [6, 6.07) is 34.9. The Morgan fingerprint density at radius 3 is 1.46 bits per heavy atom. The molecule has 0 saturated heterocycles. The lowest BCUT2D eigenvalue weighted by molar-refractivity contribution is 0.337. The molecule has 3 aromatic heterocycles. The van der Waals surface area contributed by atoms with Gasteiger partial charge in [0, 0.05) is 41.8 Å². The second-order valence-electron chi connectivity index (χ2n) is 20.9. The van der Waals surface area contributed by atoms with Crippen LogP contribution in [0.25, 0.3) is 65.6 Å². The van der Waals surface area contributed by atoms with Crippen LogP contribution in [0.1, 0.15) is 124 Å². The number of hydrogen-bond acceptors (Lipinski definition) is 4. The molecule has 4 heteroatoms. The van der Waals surface area contributed by atoms with E-state index in [-0.39, 0.29) is 21.7 Å². The number of aryl methyl sites for hydroxylation is 2. The van der Waals surface area contributed by atoms with Gasteiger partial charge in [0.25, 0.3) is 0 Å². The van der Waals surface area contributed by atoms with Crippen LogP contribution in [0.3, 0.4) is 0 Å². The summed E-state index contributed by atoms with van der Waals surface area (Å²) < 4.78 is 0. The normalized spacial score (nSPS) is 17.2. The predicted octanol–water partition coefficient (Wildman–Crippen LogP) is 16.8. The molecule has 0 spiro atoms. The minimum Gasteiger partial charge on any atom is -0.507 e. The van der Waals surface area contributed by atoms with E-state index in [9.17, 15) is 5.11 Å². The van der Waals surface area contributed by atoms with Gasteiger partial charge in [0.15, 0.2) is 0 Å². The molecule has 0 amide bonds. The first-order valence-electron chi connectivity index (χ1n) is 22.2. The third-order valence-corrected chi connectivity index (χ3v) is 17.6. The number of fused-ring (bicyclic) bond motifs is 2. The van der Waals surface area contributed by atoms with Gasteiger partial charge in [-0.15, -0.1) is 22.7 Å². The minimum absolute atomic E-state index is 0.104. The molecule has 0 radical (unpaired) electrons. The number of rotatable bonds is 6. The van der Waals surface area contributed by atoms with E-state index in [2.05, 4.69) is 180 Å². The molecule has 2 aliphatic rings. The van der Waals surface area contributed by atoms with Gasteiger partial charge in [-0.25, -0.2) is 4.98 Å². The Hall–Kier alpha value is -4.77. The van der Waals surface area contributed by atoms with Crippen molar-refractivity contribution in [2.24, 2.45) is 0 Å². The summed E-state index contributed by atoms with van der Waals surface area (Å²) in [5.41, 5.74) is 19.1. The summed E-state index contributed by atoms with van der Waals surface area (Å²) in [5, 5.41) is 12.4. The first-order chi connectivity index (χ1) is 28.8. The maximum atomic E-state index is 12.4. The molecule has 2 aliphatic carbocycles. The lowest BCUT2D eigenvalue weighted by Gasteiger charge is -2.39. The number of hydrogen-bond donors (Lipinski definition) is 1. The van der Waals surface area contributed by atoms with Crippen LogP contribution in [-0.4, -0.2) is 10.1 Å². The molecule has 2 nitrogen and oxygen atoms in total. The molecule has 0 fully saturated rings. The zero-order valence-corrected chi connectivity index (χ0v) is 39.9. The SMILES string of the molecule is Cc1cc(-c2ccccc2-c2cccc(-c3ccccc3-c3cc(C)cc(-c4sc5c(c4C)C(C)(C)CCC5(C)C)c3O)n2)cc(-c2sc3c(c2C)C(C)(C)CCC3(C)C)c1. The summed E-state index contributed by atoms with van der Waals surface area (Å²) in [6.45, 7) is 28.3. The van der Waals surface area contributed by atoms with Crippen LogP contribution in [0.15, 0.2) is 97.1 Å². The molecule has 0 bridgehead atoms. The number of aromatic nitrogens is 1. The van der Waals surface area contributed by atoms with Crippen molar-refractivity contribution in [3.63, 3.8) is 0 Å². The van der Waals surface area contributed by atoms with Crippen LogP contribution >= 0.6 is 22.7 Å². The molecule has 312 valence electrons. The maximum absolute atomic E-state index is 12.4. The first kappa shape index (κ1) is 41.6. The molecule has 9 rings (SSSR count). The summed E-state index contributed by atoms with van der Waals surface area (Å²) in [4.78, 5) is 11.0. The molecule has 3 heterocycles. The molecular formula is C57H61NOS2. The quantitative estimate of drug-likeness (QED) is 0.181. The van der Waals surface area contributed by atoms with Crippen molar-refractivity contribution >= 4 is 22.7 Å². The third-order valence-electron chi connectivity index (χ3n) is 14.2. The Morgan fingerprint density at radius 2 is 0.885 bits per heavy atom. The van der Waals surface area contributed by atoms with Gasteiger partial charge in [-0.3, -0.25) is 0 Å².